The fourth-order valence-corrected chi connectivity index (χ4v) is 4.43. The number of hydrogen-bond donors (Lipinski definition) is 0. The quantitative estimate of drug-likeness (QED) is 0.731. The average molecular weight is 403 g/mol. The molecule has 0 N–H and O–H groups in total. The van der Waals surface area contributed by atoms with Crippen LogP contribution in [0.5, 0.6) is 0 Å². The molecule has 0 radical (unpaired) electrons. The lowest BCUT2D eigenvalue weighted by Gasteiger charge is -2.32. The van der Waals surface area contributed by atoms with E-state index in [0.29, 0.717) is 0 Å². The Bertz CT molecular complexity index is 896. The van der Waals surface area contributed by atoms with Gasteiger partial charge in [-0.2, -0.15) is 13.1 Å². The Hall–Kier alpha value is -1.94. The first-order chi connectivity index (χ1) is 12.8. The van der Waals surface area contributed by atoms with E-state index >= 15 is 0 Å². The molecule has 1 heterocycles. The van der Waals surface area contributed by atoms with E-state index in [4.69, 9.17) is 4.42 Å². The topological polar surface area (TPSA) is 76.3 Å². The summed E-state index contributed by atoms with van der Waals surface area (Å²) in [6.45, 7) is -0.0816. The Kier molecular flexibility index (Phi) is 5.85. The Labute approximate surface area is 155 Å². The van der Waals surface area contributed by atoms with Crippen molar-refractivity contribution in [2.75, 3.05) is 6.26 Å². The minimum Gasteiger partial charge on any atom is -0.415 e. The minimum atomic E-state index is -3.51. The molecule has 0 unspecified atom stereocenters. The molecule has 3 rings (SSSR count). The van der Waals surface area contributed by atoms with E-state index in [1.54, 1.807) is 0 Å². The van der Waals surface area contributed by atoms with Gasteiger partial charge in [0.25, 0.3) is 5.89 Å². The molecule has 1 aromatic heterocycles. The standard InChI is InChI=1S/C17H20F3N3O3S/c1-27(24,25)23(13-5-3-2-4-6-13)10-12-8-7-11(9-14(12)18)16-21-22-17(26-16)15(19)20/h7-9,13,15H,2-6,10H2,1H3. The second-order valence-electron chi connectivity index (χ2n) is 6.65. The second kappa shape index (κ2) is 7.97. The molecule has 6 nitrogen and oxygen atoms in total. The summed E-state index contributed by atoms with van der Waals surface area (Å²) in [5.41, 5.74) is 0.350. The first kappa shape index (κ1) is 19.8. The molecule has 0 saturated heterocycles. The summed E-state index contributed by atoms with van der Waals surface area (Å²) in [5, 5.41) is 6.69. The minimum absolute atomic E-state index is 0.0816. The molecule has 2 aromatic rings. The van der Waals surface area contributed by atoms with Crippen LogP contribution in [-0.2, 0) is 16.6 Å². The van der Waals surface area contributed by atoms with E-state index in [0.717, 1.165) is 44.4 Å². The zero-order chi connectivity index (χ0) is 19.6. The van der Waals surface area contributed by atoms with Gasteiger partial charge in [-0.05, 0) is 25.0 Å². The number of sulfonamides is 1. The first-order valence-corrected chi connectivity index (χ1v) is 10.5. The SMILES string of the molecule is CS(=O)(=O)N(Cc1ccc(-c2nnc(C(F)F)o2)cc1F)C1CCCCC1. The zero-order valence-corrected chi connectivity index (χ0v) is 15.6. The smallest absolute Gasteiger partial charge is 0.314 e. The van der Waals surface area contributed by atoms with Crippen molar-refractivity contribution < 1.29 is 26.0 Å². The number of halogens is 3. The molecule has 0 atom stereocenters. The normalized spacial score (nSPS) is 16.4. The summed E-state index contributed by atoms with van der Waals surface area (Å²) >= 11 is 0. The monoisotopic (exact) mass is 403 g/mol. The molecule has 0 spiro atoms. The molecule has 1 aliphatic carbocycles. The number of nitrogens with zero attached hydrogens (tertiary/aromatic N) is 3. The van der Waals surface area contributed by atoms with Crippen LogP contribution in [-0.4, -0.2) is 35.2 Å². The summed E-state index contributed by atoms with van der Waals surface area (Å²) < 4.78 is 70.2. The molecule has 27 heavy (non-hydrogen) atoms. The summed E-state index contributed by atoms with van der Waals surface area (Å²) in [6, 6.07) is 3.80. The van der Waals surface area contributed by atoms with Crippen molar-refractivity contribution in [1.29, 1.82) is 0 Å². The van der Waals surface area contributed by atoms with Gasteiger partial charge in [0, 0.05) is 23.7 Å². The number of aromatic nitrogens is 2. The molecule has 148 valence electrons. The zero-order valence-electron chi connectivity index (χ0n) is 14.7. The highest BCUT2D eigenvalue weighted by Crippen LogP contribution is 2.28. The van der Waals surface area contributed by atoms with Crippen LogP contribution < -0.4 is 0 Å². The fraction of sp³-hybridized carbons (Fsp3) is 0.529. The van der Waals surface area contributed by atoms with Crippen LogP contribution in [0.15, 0.2) is 22.6 Å². The molecule has 1 aliphatic rings. The number of rotatable bonds is 6. The van der Waals surface area contributed by atoms with Crippen LogP contribution in [0.4, 0.5) is 13.2 Å². The Morgan fingerprint density at radius 3 is 2.48 bits per heavy atom. The highest BCUT2D eigenvalue weighted by Gasteiger charge is 2.29. The van der Waals surface area contributed by atoms with Crippen molar-refractivity contribution >= 4 is 10.0 Å². The summed E-state index contributed by atoms with van der Waals surface area (Å²) in [7, 11) is -3.51. The third kappa shape index (κ3) is 4.67. The molecule has 10 heteroatoms. The highest BCUT2D eigenvalue weighted by molar-refractivity contribution is 7.88. The van der Waals surface area contributed by atoms with Gasteiger partial charge in [-0.15, -0.1) is 10.2 Å². The number of alkyl halides is 2. The van der Waals surface area contributed by atoms with Crippen molar-refractivity contribution in [2.24, 2.45) is 0 Å². The van der Waals surface area contributed by atoms with Crippen LogP contribution in [0.1, 0.15) is 50.0 Å². The maximum atomic E-state index is 14.6. The molecule has 1 saturated carbocycles. The van der Waals surface area contributed by atoms with Gasteiger partial charge < -0.3 is 4.42 Å². The van der Waals surface area contributed by atoms with Crippen LogP contribution in [0, 0.1) is 5.82 Å². The van der Waals surface area contributed by atoms with E-state index in [9.17, 15) is 21.6 Å². The molecule has 0 bridgehead atoms. The maximum Gasteiger partial charge on any atom is 0.314 e. The largest absolute Gasteiger partial charge is 0.415 e. The van der Waals surface area contributed by atoms with Gasteiger partial charge in [-0.1, -0.05) is 25.3 Å². The van der Waals surface area contributed by atoms with Crippen LogP contribution >= 0.6 is 0 Å². The maximum absolute atomic E-state index is 14.6. The van der Waals surface area contributed by atoms with Gasteiger partial charge in [0.05, 0.1) is 6.26 Å². The van der Waals surface area contributed by atoms with Crippen molar-refractivity contribution in [3.8, 4) is 11.5 Å². The molecule has 1 aromatic carbocycles. The summed E-state index contributed by atoms with van der Waals surface area (Å²) in [4.78, 5) is 0. The predicted molar refractivity (Wildman–Crippen MR) is 91.9 cm³/mol. The van der Waals surface area contributed by atoms with Gasteiger partial charge in [0.15, 0.2) is 0 Å². The molecule has 0 aliphatic heterocycles. The van der Waals surface area contributed by atoms with Gasteiger partial charge in [0.1, 0.15) is 5.82 Å². The van der Waals surface area contributed by atoms with Gasteiger partial charge in [-0.25, -0.2) is 12.8 Å². The van der Waals surface area contributed by atoms with E-state index in [2.05, 4.69) is 10.2 Å². The van der Waals surface area contributed by atoms with Gasteiger partial charge in [0.2, 0.25) is 15.9 Å². The molecular formula is C17H20F3N3O3S. The third-order valence-corrected chi connectivity index (χ3v) is 5.94. The molecule has 1 fully saturated rings. The number of hydrogen-bond acceptors (Lipinski definition) is 5. The van der Waals surface area contributed by atoms with Crippen LogP contribution in [0.25, 0.3) is 11.5 Å². The lowest BCUT2D eigenvalue weighted by atomic mass is 9.95. The van der Waals surface area contributed by atoms with E-state index < -0.39 is 28.2 Å². The number of benzene rings is 1. The van der Waals surface area contributed by atoms with E-state index in [-0.39, 0.29) is 29.6 Å². The Balaban J connectivity index is 1.83. The second-order valence-corrected chi connectivity index (χ2v) is 8.59. The first-order valence-electron chi connectivity index (χ1n) is 8.63. The van der Waals surface area contributed by atoms with Gasteiger partial charge in [-0.3, -0.25) is 0 Å². The third-order valence-electron chi connectivity index (χ3n) is 4.66. The molecule has 0 amide bonds. The Morgan fingerprint density at radius 1 is 1.22 bits per heavy atom. The highest BCUT2D eigenvalue weighted by atomic mass is 32.2. The van der Waals surface area contributed by atoms with Crippen LogP contribution in [0.2, 0.25) is 0 Å². The average Bonchev–Trinajstić information content (AvgIpc) is 3.11. The Morgan fingerprint density at radius 2 is 1.93 bits per heavy atom. The van der Waals surface area contributed by atoms with Crippen molar-refractivity contribution in [3.63, 3.8) is 0 Å². The van der Waals surface area contributed by atoms with Crippen molar-refractivity contribution in [3.05, 3.63) is 35.5 Å². The fourth-order valence-electron chi connectivity index (χ4n) is 3.30. The predicted octanol–water partition coefficient (Wildman–Crippen LogP) is 3.91. The summed E-state index contributed by atoms with van der Waals surface area (Å²) in [5.74, 6) is -1.72. The van der Waals surface area contributed by atoms with Gasteiger partial charge >= 0.3 is 6.43 Å². The lowest BCUT2D eigenvalue weighted by molar-refractivity contribution is 0.116. The van der Waals surface area contributed by atoms with E-state index in [1.165, 1.54) is 16.4 Å². The van der Waals surface area contributed by atoms with E-state index in [1.807, 2.05) is 0 Å². The van der Waals surface area contributed by atoms with Crippen molar-refractivity contribution in [2.45, 2.75) is 51.1 Å². The van der Waals surface area contributed by atoms with Crippen LogP contribution in [0.3, 0.4) is 0 Å². The lowest BCUT2D eigenvalue weighted by Crippen LogP contribution is -2.40. The summed E-state index contributed by atoms with van der Waals surface area (Å²) in [6.07, 6.45) is 2.69. The van der Waals surface area contributed by atoms with Crippen molar-refractivity contribution in [1.82, 2.24) is 14.5 Å². The molecular weight excluding hydrogens is 383 g/mol.